The van der Waals surface area contributed by atoms with Crippen LogP contribution in [0, 0.1) is 11.6 Å². The number of carbonyl (C=O) groups is 1. The Morgan fingerprint density at radius 3 is 2.32 bits per heavy atom. The van der Waals surface area contributed by atoms with Crippen LogP contribution in [-0.2, 0) is 10.0 Å². The molecule has 10 heteroatoms. The topological polar surface area (TPSA) is 94.3 Å². The minimum Gasteiger partial charge on any atom is -0.378 e. The van der Waals surface area contributed by atoms with Gasteiger partial charge in [0.25, 0.3) is 5.91 Å². The fourth-order valence-electron chi connectivity index (χ4n) is 3.51. The van der Waals surface area contributed by atoms with Crippen molar-refractivity contribution in [3.63, 3.8) is 0 Å². The third-order valence-corrected chi connectivity index (χ3v) is 5.75. The van der Waals surface area contributed by atoms with E-state index in [2.05, 4.69) is 15.0 Å². The van der Waals surface area contributed by atoms with E-state index in [9.17, 15) is 17.6 Å². The summed E-state index contributed by atoms with van der Waals surface area (Å²) in [6.45, 7) is 0. The van der Waals surface area contributed by atoms with Crippen LogP contribution in [0.1, 0.15) is 10.5 Å². The lowest BCUT2D eigenvalue weighted by Crippen LogP contribution is -2.15. The van der Waals surface area contributed by atoms with Crippen molar-refractivity contribution in [2.45, 2.75) is 0 Å². The van der Waals surface area contributed by atoms with Crippen LogP contribution in [0.5, 0.6) is 0 Å². The van der Waals surface area contributed by atoms with Crippen LogP contribution in [0.15, 0.2) is 60.7 Å². The van der Waals surface area contributed by atoms with E-state index in [1.165, 1.54) is 30.3 Å². The van der Waals surface area contributed by atoms with Crippen LogP contribution in [0.3, 0.4) is 0 Å². The quantitative estimate of drug-likeness (QED) is 0.366. The first kappa shape index (κ1) is 23.2. The SMILES string of the molecule is CN(C)c1cc(NC(=O)c2cc3ccc(NS(C)(=O)=O)cc3[nH]2)c(F)c(-c2ccc(F)cc2)c1. The van der Waals surface area contributed by atoms with Gasteiger partial charge in [0.05, 0.1) is 17.6 Å². The highest BCUT2D eigenvalue weighted by Crippen LogP contribution is 2.33. The van der Waals surface area contributed by atoms with Gasteiger partial charge >= 0.3 is 0 Å². The second-order valence-electron chi connectivity index (χ2n) is 8.07. The number of anilines is 3. The van der Waals surface area contributed by atoms with E-state index in [4.69, 9.17) is 0 Å². The molecule has 176 valence electrons. The Kier molecular flexibility index (Phi) is 6.01. The highest BCUT2D eigenvalue weighted by atomic mass is 32.2. The Hall–Kier alpha value is -3.92. The number of hydrogen-bond acceptors (Lipinski definition) is 4. The maximum Gasteiger partial charge on any atom is 0.272 e. The van der Waals surface area contributed by atoms with Crippen LogP contribution < -0.4 is 14.9 Å². The smallest absolute Gasteiger partial charge is 0.272 e. The largest absolute Gasteiger partial charge is 0.378 e. The van der Waals surface area contributed by atoms with Crippen LogP contribution in [-0.4, -0.2) is 39.7 Å². The van der Waals surface area contributed by atoms with E-state index < -0.39 is 27.6 Å². The summed E-state index contributed by atoms with van der Waals surface area (Å²) in [5.41, 5.74) is 2.34. The van der Waals surface area contributed by atoms with Gasteiger partial charge in [0.1, 0.15) is 11.5 Å². The average molecular weight is 485 g/mol. The van der Waals surface area contributed by atoms with Gasteiger partial charge in [0, 0.05) is 36.2 Å². The van der Waals surface area contributed by atoms with E-state index in [0.717, 1.165) is 6.26 Å². The number of aromatic nitrogens is 1. The number of sulfonamides is 1. The summed E-state index contributed by atoms with van der Waals surface area (Å²) < 4.78 is 54.0. The van der Waals surface area contributed by atoms with Gasteiger partial charge < -0.3 is 15.2 Å². The molecule has 4 aromatic rings. The molecule has 0 atom stereocenters. The first-order chi connectivity index (χ1) is 16.0. The maximum absolute atomic E-state index is 15.4. The number of amides is 1. The zero-order chi connectivity index (χ0) is 24.6. The molecule has 0 saturated heterocycles. The summed E-state index contributed by atoms with van der Waals surface area (Å²) in [5.74, 6) is -1.66. The summed E-state index contributed by atoms with van der Waals surface area (Å²) in [6, 6.07) is 15.0. The second-order valence-corrected chi connectivity index (χ2v) is 9.82. The number of aromatic amines is 1. The van der Waals surface area contributed by atoms with Gasteiger partial charge in [-0.2, -0.15) is 0 Å². The predicted molar refractivity (Wildman–Crippen MR) is 131 cm³/mol. The van der Waals surface area contributed by atoms with Gasteiger partial charge in [-0.05, 0) is 48.0 Å². The number of benzene rings is 3. The van der Waals surface area contributed by atoms with E-state index in [1.54, 1.807) is 49.3 Å². The highest BCUT2D eigenvalue weighted by Gasteiger charge is 2.18. The molecule has 0 saturated carbocycles. The molecule has 0 radical (unpaired) electrons. The molecule has 4 rings (SSSR count). The molecule has 1 heterocycles. The van der Waals surface area contributed by atoms with Crippen molar-refractivity contribution in [1.29, 1.82) is 0 Å². The van der Waals surface area contributed by atoms with E-state index in [0.29, 0.717) is 27.8 Å². The first-order valence-electron chi connectivity index (χ1n) is 10.2. The zero-order valence-electron chi connectivity index (χ0n) is 18.6. The van der Waals surface area contributed by atoms with Crippen molar-refractivity contribution in [1.82, 2.24) is 4.98 Å². The Balaban J connectivity index is 1.68. The maximum atomic E-state index is 15.4. The molecule has 0 fully saturated rings. The molecule has 0 aliphatic carbocycles. The van der Waals surface area contributed by atoms with Gasteiger partial charge in [0.15, 0.2) is 5.82 Å². The average Bonchev–Trinajstić information content (AvgIpc) is 3.18. The number of carbonyl (C=O) groups excluding carboxylic acids is 1. The Morgan fingerprint density at radius 2 is 1.68 bits per heavy atom. The standard InChI is InChI=1S/C24H22F2N4O3S/c1-30(2)18-12-19(14-4-7-16(25)8-5-14)23(26)21(13-18)28-24(31)22-10-15-6-9-17(11-20(15)27-22)29-34(3,32)33/h4-13,27,29H,1-3H3,(H,28,31). The molecule has 34 heavy (non-hydrogen) atoms. The van der Waals surface area contributed by atoms with Gasteiger partial charge in [-0.15, -0.1) is 0 Å². The molecule has 7 nitrogen and oxygen atoms in total. The zero-order valence-corrected chi connectivity index (χ0v) is 19.4. The van der Waals surface area contributed by atoms with E-state index in [1.807, 2.05) is 0 Å². The molecule has 1 aromatic heterocycles. The monoisotopic (exact) mass is 484 g/mol. The molecule has 0 aliphatic heterocycles. The van der Waals surface area contributed by atoms with Crippen molar-refractivity contribution >= 4 is 43.9 Å². The number of rotatable bonds is 6. The molecule has 3 aromatic carbocycles. The molecular formula is C24H22F2N4O3S. The molecular weight excluding hydrogens is 462 g/mol. The number of halogens is 2. The van der Waals surface area contributed by atoms with Gasteiger partial charge in [0.2, 0.25) is 10.0 Å². The summed E-state index contributed by atoms with van der Waals surface area (Å²) in [6.07, 6.45) is 1.04. The number of nitrogens with zero attached hydrogens (tertiary/aromatic N) is 1. The molecule has 0 bridgehead atoms. The summed E-state index contributed by atoms with van der Waals surface area (Å²) in [4.78, 5) is 17.6. The Bertz CT molecular complexity index is 1500. The fraction of sp³-hybridized carbons (Fsp3) is 0.125. The van der Waals surface area contributed by atoms with Crippen LogP contribution in [0.25, 0.3) is 22.0 Å². The summed E-state index contributed by atoms with van der Waals surface area (Å²) in [5, 5.41) is 3.28. The third-order valence-electron chi connectivity index (χ3n) is 5.15. The minimum atomic E-state index is -3.45. The molecule has 0 unspecified atom stereocenters. The number of H-pyrrole nitrogens is 1. The van der Waals surface area contributed by atoms with Crippen LogP contribution in [0.2, 0.25) is 0 Å². The predicted octanol–water partition coefficient (Wildman–Crippen LogP) is 4.80. The van der Waals surface area contributed by atoms with Crippen molar-refractivity contribution in [2.24, 2.45) is 0 Å². The lowest BCUT2D eigenvalue weighted by atomic mass is 10.0. The molecule has 0 aliphatic rings. The highest BCUT2D eigenvalue weighted by molar-refractivity contribution is 7.92. The number of hydrogen-bond donors (Lipinski definition) is 3. The van der Waals surface area contributed by atoms with Gasteiger partial charge in [-0.25, -0.2) is 17.2 Å². The van der Waals surface area contributed by atoms with Crippen molar-refractivity contribution < 1.29 is 22.0 Å². The second kappa shape index (κ2) is 8.79. The lowest BCUT2D eigenvalue weighted by Gasteiger charge is -2.18. The third kappa shape index (κ3) is 5.01. The molecule has 1 amide bonds. The lowest BCUT2D eigenvalue weighted by molar-refractivity contribution is 0.102. The van der Waals surface area contributed by atoms with Gasteiger partial charge in [-0.3, -0.25) is 9.52 Å². The minimum absolute atomic E-state index is 0.0337. The molecule has 3 N–H and O–H groups in total. The first-order valence-corrected chi connectivity index (χ1v) is 12.1. The number of nitrogens with one attached hydrogen (secondary N) is 3. The van der Waals surface area contributed by atoms with Crippen molar-refractivity contribution in [3.05, 3.63) is 78.0 Å². The van der Waals surface area contributed by atoms with Gasteiger partial charge in [-0.1, -0.05) is 18.2 Å². The Labute approximate surface area is 195 Å². The summed E-state index contributed by atoms with van der Waals surface area (Å²) >= 11 is 0. The van der Waals surface area contributed by atoms with Crippen LogP contribution in [0.4, 0.5) is 25.8 Å². The molecule has 0 spiro atoms. The van der Waals surface area contributed by atoms with E-state index >= 15 is 4.39 Å². The van der Waals surface area contributed by atoms with E-state index in [-0.39, 0.29) is 16.9 Å². The van der Waals surface area contributed by atoms with Crippen molar-refractivity contribution in [3.8, 4) is 11.1 Å². The normalized spacial score (nSPS) is 11.4. The van der Waals surface area contributed by atoms with Crippen molar-refractivity contribution in [2.75, 3.05) is 35.3 Å². The fourth-order valence-corrected chi connectivity index (χ4v) is 4.07. The Morgan fingerprint density at radius 1 is 0.971 bits per heavy atom. The van der Waals surface area contributed by atoms with Crippen LogP contribution >= 0.6 is 0 Å². The summed E-state index contributed by atoms with van der Waals surface area (Å²) in [7, 11) is 0.119. The number of fused-ring (bicyclic) bond motifs is 1.